The van der Waals surface area contributed by atoms with Crippen molar-refractivity contribution in [3.63, 3.8) is 0 Å². The van der Waals surface area contributed by atoms with Crippen LogP contribution in [0.25, 0.3) is 10.9 Å². The molecule has 1 aromatic heterocycles. The second kappa shape index (κ2) is 6.59. The summed E-state index contributed by atoms with van der Waals surface area (Å²) in [7, 11) is 0. The largest absolute Gasteiger partial charge is 0.486 e. The minimum atomic E-state index is 0.106. The molecule has 0 bridgehead atoms. The van der Waals surface area contributed by atoms with Crippen LogP contribution in [0.2, 0.25) is 0 Å². The lowest BCUT2D eigenvalue weighted by atomic mass is 9.95. The van der Waals surface area contributed by atoms with Crippen LogP contribution >= 0.6 is 0 Å². The number of rotatable bonds is 4. The molecule has 0 saturated carbocycles. The van der Waals surface area contributed by atoms with Crippen molar-refractivity contribution in [1.29, 1.82) is 0 Å². The number of aromatic nitrogens is 2. The van der Waals surface area contributed by atoms with Gasteiger partial charge in [-0.05, 0) is 35.7 Å². The van der Waals surface area contributed by atoms with E-state index in [1.165, 1.54) is 0 Å². The zero-order valence-electron chi connectivity index (χ0n) is 14.4. The predicted molar refractivity (Wildman–Crippen MR) is 98.2 cm³/mol. The van der Waals surface area contributed by atoms with E-state index in [1.54, 1.807) is 6.33 Å². The van der Waals surface area contributed by atoms with Gasteiger partial charge in [0.05, 0.1) is 11.6 Å². The molecular weight excluding hydrogens is 314 g/mol. The zero-order valence-corrected chi connectivity index (χ0v) is 14.4. The third kappa shape index (κ3) is 3.09. The van der Waals surface area contributed by atoms with Gasteiger partial charge in [-0.1, -0.05) is 32.0 Å². The number of anilines is 1. The van der Waals surface area contributed by atoms with Gasteiger partial charge in [0, 0.05) is 5.39 Å². The Balaban J connectivity index is 1.70. The normalized spacial score (nSPS) is 14.5. The van der Waals surface area contributed by atoms with Crippen LogP contribution in [0.5, 0.6) is 11.5 Å². The van der Waals surface area contributed by atoms with E-state index in [-0.39, 0.29) is 6.04 Å². The van der Waals surface area contributed by atoms with E-state index in [0.717, 1.165) is 33.8 Å². The highest BCUT2D eigenvalue weighted by atomic mass is 16.6. The molecule has 3 aromatic rings. The number of benzene rings is 2. The first-order valence-electron chi connectivity index (χ1n) is 8.58. The fraction of sp³-hybridized carbons (Fsp3) is 0.300. The van der Waals surface area contributed by atoms with E-state index in [2.05, 4.69) is 41.3 Å². The number of ether oxygens (including phenoxy) is 2. The standard InChI is InChI=1S/C20H21N3O2/c1-13(2)19(14-7-8-17-18(11-14)25-10-9-24-17)23-20-15-5-3-4-6-16(15)21-12-22-20/h3-8,11-13,19H,9-10H2,1-2H3,(H,21,22,23). The topological polar surface area (TPSA) is 56.3 Å². The van der Waals surface area contributed by atoms with Crippen molar-refractivity contribution in [3.8, 4) is 11.5 Å². The Morgan fingerprint density at radius 2 is 1.76 bits per heavy atom. The molecule has 1 aliphatic rings. The van der Waals surface area contributed by atoms with Crippen LogP contribution in [0.3, 0.4) is 0 Å². The Morgan fingerprint density at radius 1 is 0.960 bits per heavy atom. The lowest BCUT2D eigenvalue weighted by molar-refractivity contribution is 0.171. The van der Waals surface area contributed by atoms with Gasteiger partial charge >= 0.3 is 0 Å². The Kier molecular flexibility index (Phi) is 4.14. The van der Waals surface area contributed by atoms with Gasteiger partial charge in [0.15, 0.2) is 11.5 Å². The predicted octanol–water partition coefficient (Wildman–Crippen LogP) is 4.21. The van der Waals surface area contributed by atoms with Crippen molar-refractivity contribution in [2.75, 3.05) is 18.5 Å². The van der Waals surface area contributed by atoms with E-state index >= 15 is 0 Å². The minimum absolute atomic E-state index is 0.106. The third-order valence-electron chi connectivity index (χ3n) is 4.43. The first-order chi connectivity index (χ1) is 12.2. The van der Waals surface area contributed by atoms with Gasteiger partial charge in [-0.15, -0.1) is 0 Å². The van der Waals surface area contributed by atoms with Crippen LogP contribution in [-0.4, -0.2) is 23.2 Å². The lowest BCUT2D eigenvalue weighted by Gasteiger charge is -2.26. The molecular formula is C20H21N3O2. The molecule has 0 fully saturated rings. The smallest absolute Gasteiger partial charge is 0.161 e. The van der Waals surface area contributed by atoms with Crippen molar-refractivity contribution in [3.05, 3.63) is 54.4 Å². The molecule has 5 nitrogen and oxygen atoms in total. The van der Waals surface area contributed by atoms with Crippen LogP contribution in [0.1, 0.15) is 25.5 Å². The summed E-state index contributed by atoms with van der Waals surface area (Å²) in [6, 6.07) is 14.3. The second-order valence-electron chi connectivity index (χ2n) is 6.51. The molecule has 4 rings (SSSR count). The van der Waals surface area contributed by atoms with E-state index in [9.17, 15) is 0 Å². The Hall–Kier alpha value is -2.82. The number of hydrogen-bond acceptors (Lipinski definition) is 5. The summed E-state index contributed by atoms with van der Waals surface area (Å²) in [6.07, 6.45) is 1.60. The summed E-state index contributed by atoms with van der Waals surface area (Å²) in [6.45, 7) is 5.58. The van der Waals surface area contributed by atoms with E-state index < -0.39 is 0 Å². The molecule has 0 spiro atoms. The first kappa shape index (κ1) is 15.7. The molecule has 5 heteroatoms. The average Bonchev–Trinajstić information content (AvgIpc) is 2.65. The van der Waals surface area contributed by atoms with Crippen molar-refractivity contribution in [1.82, 2.24) is 9.97 Å². The third-order valence-corrected chi connectivity index (χ3v) is 4.43. The maximum absolute atomic E-state index is 5.74. The van der Waals surface area contributed by atoms with Gasteiger partial charge in [-0.3, -0.25) is 0 Å². The molecule has 1 aliphatic heterocycles. The molecule has 2 heterocycles. The summed E-state index contributed by atoms with van der Waals surface area (Å²) in [5.74, 6) is 2.84. The number of fused-ring (bicyclic) bond motifs is 2. The van der Waals surface area contributed by atoms with Crippen molar-refractivity contribution < 1.29 is 9.47 Å². The summed E-state index contributed by atoms with van der Waals surface area (Å²) in [5.41, 5.74) is 2.09. The maximum Gasteiger partial charge on any atom is 0.161 e. The van der Waals surface area contributed by atoms with Gasteiger partial charge in [-0.2, -0.15) is 0 Å². The maximum atomic E-state index is 5.74. The van der Waals surface area contributed by atoms with Gasteiger partial charge in [0.25, 0.3) is 0 Å². The Morgan fingerprint density at radius 3 is 2.60 bits per heavy atom. The second-order valence-corrected chi connectivity index (χ2v) is 6.51. The number of nitrogens with zero attached hydrogens (tertiary/aromatic N) is 2. The summed E-state index contributed by atoms with van der Waals surface area (Å²) in [5, 5.41) is 4.62. The molecule has 0 amide bonds. The van der Waals surface area contributed by atoms with Crippen molar-refractivity contribution >= 4 is 16.7 Å². The van der Waals surface area contributed by atoms with E-state index in [1.807, 2.05) is 30.3 Å². The van der Waals surface area contributed by atoms with E-state index in [0.29, 0.717) is 19.1 Å². The number of para-hydroxylation sites is 1. The van der Waals surface area contributed by atoms with Crippen molar-refractivity contribution in [2.24, 2.45) is 5.92 Å². The number of nitrogens with one attached hydrogen (secondary N) is 1. The SMILES string of the molecule is CC(C)C(Nc1ncnc2ccccc12)c1ccc2c(c1)OCCO2. The summed E-state index contributed by atoms with van der Waals surface area (Å²) in [4.78, 5) is 8.80. The monoisotopic (exact) mass is 335 g/mol. The van der Waals surface area contributed by atoms with Gasteiger partial charge < -0.3 is 14.8 Å². The first-order valence-corrected chi connectivity index (χ1v) is 8.58. The van der Waals surface area contributed by atoms with Crippen LogP contribution in [0, 0.1) is 5.92 Å². The van der Waals surface area contributed by atoms with Gasteiger partial charge in [0.2, 0.25) is 0 Å². The van der Waals surface area contributed by atoms with E-state index in [4.69, 9.17) is 9.47 Å². The minimum Gasteiger partial charge on any atom is -0.486 e. The highest BCUT2D eigenvalue weighted by Crippen LogP contribution is 2.36. The summed E-state index contributed by atoms with van der Waals surface area (Å²) < 4.78 is 11.4. The van der Waals surface area contributed by atoms with Gasteiger partial charge in [-0.25, -0.2) is 9.97 Å². The molecule has 25 heavy (non-hydrogen) atoms. The molecule has 128 valence electrons. The quantitative estimate of drug-likeness (QED) is 0.774. The number of hydrogen-bond donors (Lipinski definition) is 1. The molecule has 0 aliphatic carbocycles. The molecule has 0 saturated heterocycles. The molecule has 0 radical (unpaired) electrons. The molecule has 1 atom stereocenters. The van der Waals surface area contributed by atoms with Crippen LogP contribution in [-0.2, 0) is 0 Å². The van der Waals surface area contributed by atoms with Crippen LogP contribution in [0.4, 0.5) is 5.82 Å². The van der Waals surface area contributed by atoms with Gasteiger partial charge in [0.1, 0.15) is 25.4 Å². The lowest BCUT2D eigenvalue weighted by Crippen LogP contribution is -2.19. The highest BCUT2D eigenvalue weighted by molar-refractivity contribution is 5.88. The zero-order chi connectivity index (χ0) is 17.2. The average molecular weight is 335 g/mol. The molecule has 1 unspecified atom stereocenters. The van der Waals surface area contributed by atoms with Crippen LogP contribution < -0.4 is 14.8 Å². The Bertz CT molecular complexity index is 890. The highest BCUT2D eigenvalue weighted by Gasteiger charge is 2.20. The summed E-state index contributed by atoms with van der Waals surface area (Å²) >= 11 is 0. The van der Waals surface area contributed by atoms with Crippen LogP contribution in [0.15, 0.2) is 48.8 Å². The fourth-order valence-corrected chi connectivity index (χ4v) is 3.16. The Labute approximate surface area is 147 Å². The molecule has 2 aromatic carbocycles. The van der Waals surface area contributed by atoms with Crippen molar-refractivity contribution in [2.45, 2.75) is 19.9 Å². The fourth-order valence-electron chi connectivity index (χ4n) is 3.16. The molecule has 1 N–H and O–H groups in total.